The summed E-state index contributed by atoms with van der Waals surface area (Å²) in [5.74, 6) is -0.746. The number of benzene rings is 1. The summed E-state index contributed by atoms with van der Waals surface area (Å²) >= 11 is 0. The smallest absolute Gasteiger partial charge is 0.346 e. The van der Waals surface area contributed by atoms with Crippen molar-refractivity contribution in [2.75, 3.05) is 6.61 Å². The topological polar surface area (TPSA) is 62.0 Å². The summed E-state index contributed by atoms with van der Waals surface area (Å²) < 4.78 is 4.81. The number of rotatable bonds is 3. The summed E-state index contributed by atoms with van der Waals surface area (Å²) in [6.07, 6.45) is 1.58. The first-order chi connectivity index (χ1) is 8.07. The van der Waals surface area contributed by atoms with Crippen LogP contribution in [0.4, 0.5) is 0 Å². The van der Waals surface area contributed by atoms with Gasteiger partial charge in [-0.05, 0) is 19.9 Å². The van der Waals surface area contributed by atoms with Crippen LogP contribution < -0.4 is 0 Å². The Morgan fingerprint density at radius 1 is 1.41 bits per heavy atom. The maximum Gasteiger partial charge on any atom is 0.346 e. The van der Waals surface area contributed by atoms with Gasteiger partial charge in [0, 0.05) is 22.7 Å². The molecule has 1 aromatic heterocycles. The lowest BCUT2D eigenvalue weighted by Crippen LogP contribution is -2.32. The van der Waals surface area contributed by atoms with Gasteiger partial charge in [-0.2, -0.15) is 0 Å². The van der Waals surface area contributed by atoms with E-state index in [9.17, 15) is 9.90 Å². The molecule has 4 nitrogen and oxygen atoms in total. The number of aromatic amines is 1. The van der Waals surface area contributed by atoms with Crippen molar-refractivity contribution in [3.05, 3.63) is 36.0 Å². The van der Waals surface area contributed by atoms with E-state index < -0.39 is 11.6 Å². The normalized spacial score (nSPS) is 14.5. The van der Waals surface area contributed by atoms with Crippen LogP contribution in [0.25, 0.3) is 10.9 Å². The molecule has 89 valence electrons. The van der Waals surface area contributed by atoms with Crippen LogP contribution >= 0.6 is 0 Å². The first-order valence-electron chi connectivity index (χ1n) is 5.51. The number of aromatic nitrogens is 1. The number of para-hydroxylation sites is 1. The molecule has 4 heteroatoms. The number of hydrogen-bond donors (Lipinski definition) is 1. The monoisotopic (exact) mass is 232 g/mol. The van der Waals surface area contributed by atoms with Crippen LogP contribution in [0.15, 0.2) is 30.5 Å². The summed E-state index contributed by atoms with van der Waals surface area (Å²) in [7, 11) is 0. The summed E-state index contributed by atoms with van der Waals surface area (Å²) in [5, 5.41) is 13.1. The molecule has 0 aliphatic heterocycles. The third-order valence-electron chi connectivity index (χ3n) is 2.77. The number of nitrogens with one attached hydrogen (secondary N) is 1. The highest BCUT2D eigenvalue weighted by Gasteiger charge is 2.38. The molecule has 2 aromatic rings. The van der Waals surface area contributed by atoms with Crippen molar-refractivity contribution in [2.24, 2.45) is 0 Å². The van der Waals surface area contributed by atoms with Gasteiger partial charge < -0.3 is 9.72 Å². The molecular formula is C13H14NO3. The minimum absolute atomic E-state index is 0.207. The SMILES string of the molecule is CCOC(=O)C(C)([O])c1c[nH]c2ccccc12. The molecule has 0 fully saturated rings. The molecule has 0 saturated carbocycles. The quantitative estimate of drug-likeness (QED) is 0.826. The Morgan fingerprint density at radius 3 is 2.82 bits per heavy atom. The van der Waals surface area contributed by atoms with Crippen LogP contribution in [0, 0.1) is 0 Å². The predicted molar refractivity (Wildman–Crippen MR) is 63.0 cm³/mol. The van der Waals surface area contributed by atoms with E-state index in [1.807, 2.05) is 24.3 Å². The number of H-pyrrole nitrogens is 1. The predicted octanol–water partition coefficient (Wildman–Crippen LogP) is 2.38. The van der Waals surface area contributed by atoms with Crippen LogP contribution in [0.2, 0.25) is 0 Å². The zero-order valence-corrected chi connectivity index (χ0v) is 9.82. The van der Waals surface area contributed by atoms with Gasteiger partial charge in [0.1, 0.15) is 0 Å². The van der Waals surface area contributed by atoms with Gasteiger partial charge in [-0.1, -0.05) is 18.2 Å². The molecule has 0 aliphatic carbocycles. The minimum atomic E-state index is -1.88. The summed E-state index contributed by atoms with van der Waals surface area (Å²) in [4.78, 5) is 14.6. The van der Waals surface area contributed by atoms with Crippen molar-refractivity contribution in [3.8, 4) is 0 Å². The molecule has 0 aliphatic rings. The second-order valence-corrected chi connectivity index (χ2v) is 4.00. The van der Waals surface area contributed by atoms with Gasteiger partial charge in [0.15, 0.2) is 0 Å². The standard InChI is InChI=1S/C13H14NO3/c1-3-17-12(15)13(2,16)10-8-14-11-7-5-4-6-9(10)11/h4-8,14H,3H2,1-2H3. The molecule has 0 saturated heterocycles. The zero-order valence-electron chi connectivity index (χ0n) is 9.82. The maximum atomic E-state index is 12.4. The van der Waals surface area contributed by atoms with Gasteiger partial charge in [-0.15, -0.1) is 0 Å². The van der Waals surface area contributed by atoms with E-state index in [0.717, 1.165) is 10.9 Å². The Hall–Kier alpha value is -1.81. The molecule has 0 amide bonds. The van der Waals surface area contributed by atoms with Gasteiger partial charge in [0.2, 0.25) is 5.60 Å². The van der Waals surface area contributed by atoms with Crippen LogP contribution in [-0.2, 0) is 20.2 Å². The Morgan fingerprint density at radius 2 is 2.12 bits per heavy atom. The van der Waals surface area contributed by atoms with Crippen LogP contribution in [0.1, 0.15) is 19.4 Å². The van der Waals surface area contributed by atoms with E-state index in [-0.39, 0.29) is 6.61 Å². The van der Waals surface area contributed by atoms with Crippen molar-refractivity contribution in [1.82, 2.24) is 4.98 Å². The fourth-order valence-electron chi connectivity index (χ4n) is 1.84. The molecular weight excluding hydrogens is 218 g/mol. The minimum Gasteiger partial charge on any atom is -0.464 e. The number of ether oxygens (including phenoxy) is 1. The molecule has 1 atom stereocenters. The maximum absolute atomic E-state index is 12.4. The van der Waals surface area contributed by atoms with Crippen molar-refractivity contribution >= 4 is 16.9 Å². The largest absolute Gasteiger partial charge is 0.464 e. The van der Waals surface area contributed by atoms with Crippen molar-refractivity contribution < 1.29 is 14.6 Å². The number of hydrogen-bond acceptors (Lipinski definition) is 2. The molecule has 0 bridgehead atoms. The molecule has 1 heterocycles. The summed E-state index contributed by atoms with van der Waals surface area (Å²) in [6.45, 7) is 3.23. The second-order valence-electron chi connectivity index (χ2n) is 4.00. The lowest BCUT2D eigenvalue weighted by atomic mass is 9.96. The molecule has 17 heavy (non-hydrogen) atoms. The third kappa shape index (κ3) is 1.91. The van der Waals surface area contributed by atoms with Crippen molar-refractivity contribution in [1.29, 1.82) is 0 Å². The molecule has 1 radical (unpaired) electrons. The van der Waals surface area contributed by atoms with Gasteiger partial charge >= 0.3 is 5.97 Å². The average Bonchev–Trinajstić information content (AvgIpc) is 2.73. The Balaban J connectivity index is 2.48. The van der Waals surface area contributed by atoms with Gasteiger partial charge in [0.05, 0.1) is 6.61 Å². The van der Waals surface area contributed by atoms with Crippen molar-refractivity contribution in [2.45, 2.75) is 19.4 Å². The highest BCUT2D eigenvalue weighted by atomic mass is 16.5. The van der Waals surface area contributed by atoms with E-state index in [1.165, 1.54) is 6.92 Å². The summed E-state index contributed by atoms with van der Waals surface area (Å²) in [5.41, 5.74) is -0.615. The molecule has 1 unspecified atom stereocenters. The third-order valence-corrected chi connectivity index (χ3v) is 2.77. The lowest BCUT2D eigenvalue weighted by Gasteiger charge is -2.17. The second kappa shape index (κ2) is 4.22. The number of carbonyl (C=O) groups is 1. The number of fused-ring (bicyclic) bond motifs is 1. The fourth-order valence-corrected chi connectivity index (χ4v) is 1.84. The first kappa shape index (κ1) is 11.7. The Kier molecular flexibility index (Phi) is 2.90. The van der Waals surface area contributed by atoms with Gasteiger partial charge in [-0.25, -0.2) is 9.90 Å². The zero-order chi connectivity index (χ0) is 12.5. The van der Waals surface area contributed by atoms with Crippen LogP contribution in [0.3, 0.4) is 0 Å². The van der Waals surface area contributed by atoms with E-state index in [0.29, 0.717) is 5.56 Å². The Labute approximate surface area is 99.2 Å². The molecule has 1 N–H and O–H groups in total. The Bertz CT molecular complexity index is 542. The fraction of sp³-hybridized carbons (Fsp3) is 0.308. The van der Waals surface area contributed by atoms with E-state index in [2.05, 4.69) is 4.98 Å². The van der Waals surface area contributed by atoms with Crippen LogP contribution in [-0.4, -0.2) is 17.6 Å². The van der Waals surface area contributed by atoms with Crippen molar-refractivity contribution in [3.63, 3.8) is 0 Å². The average molecular weight is 232 g/mol. The van der Waals surface area contributed by atoms with Gasteiger partial charge in [0.25, 0.3) is 0 Å². The highest BCUT2D eigenvalue weighted by molar-refractivity contribution is 5.91. The van der Waals surface area contributed by atoms with E-state index in [1.54, 1.807) is 13.1 Å². The highest BCUT2D eigenvalue weighted by Crippen LogP contribution is 2.30. The van der Waals surface area contributed by atoms with E-state index in [4.69, 9.17) is 4.74 Å². The number of carbonyl (C=O) groups excluding carboxylic acids is 1. The molecule has 2 rings (SSSR count). The van der Waals surface area contributed by atoms with Gasteiger partial charge in [-0.3, -0.25) is 0 Å². The van der Waals surface area contributed by atoms with Crippen LogP contribution in [0.5, 0.6) is 0 Å². The van der Waals surface area contributed by atoms with E-state index >= 15 is 0 Å². The molecule has 0 spiro atoms. The number of esters is 1. The summed E-state index contributed by atoms with van der Waals surface area (Å²) in [6, 6.07) is 7.38. The molecule has 1 aromatic carbocycles. The first-order valence-corrected chi connectivity index (χ1v) is 5.51. The lowest BCUT2D eigenvalue weighted by molar-refractivity contribution is -0.171.